The molecule has 0 aliphatic heterocycles. The van der Waals surface area contributed by atoms with E-state index in [0.29, 0.717) is 0 Å². The van der Waals surface area contributed by atoms with Crippen LogP contribution >= 0.6 is 0 Å². The zero-order chi connectivity index (χ0) is 21.5. The molecule has 0 amide bonds. The Morgan fingerprint density at radius 2 is 1.63 bits per heavy atom. The summed E-state index contributed by atoms with van der Waals surface area (Å²) in [6, 6.07) is 8.02. The number of aryl methyl sites for hydroxylation is 2. The van der Waals surface area contributed by atoms with Crippen LogP contribution in [0.25, 0.3) is 22.4 Å². The fourth-order valence-corrected chi connectivity index (χ4v) is 4.15. The van der Waals surface area contributed by atoms with E-state index >= 15 is 0 Å². The molecule has 3 aromatic rings. The van der Waals surface area contributed by atoms with Crippen molar-refractivity contribution in [3.05, 3.63) is 66.4 Å². The molecule has 0 atom stereocenters. The van der Waals surface area contributed by atoms with Gasteiger partial charge in [-0.15, -0.1) is 0 Å². The first-order valence-electron chi connectivity index (χ1n) is 10.3. The van der Waals surface area contributed by atoms with Crippen LogP contribution in [0, 0.1) is 0 Å². The Bertz CT molecular complexity index is 1070. The van der Waals surface area contributed by atoms with E-state index < -0.39 is 12.6 Å². The molecular formula is C24H26F3N3+2. The second-order valence-electron chi connectivity index (χ2n) is 8.44. The fraction of sp³-hybridized carbons (Fsp3) is 0.375. The maximum atomic E-state index is 12.4. The Hall–Kier alpha value is -2.76. The Morgan fingerprint density at radius 1 is 0.933 bits per heavy atom. The first-order valence-corrected chi connectivity index (χ1v) is 10.3. The Morgan fingerprint density at radius 3 is 2.30 bits per heavy atom. The summed E-state index contributed by atoms with van der Waals surface area (Å²) in [5.74, 6) is 0. The van der Waals surface area contributed by atoms with Gasteiger partial charge in [-0.3, -0.25) is 4.98 Å². The van der Waals surface area contributed by atoms with Crippen molar-refractivity contribution >= 4 is 0 Å². The van der Waals surface area contributed by atoms with E-state index in [1.54, 1.807) is 17.0 Å². The fourth-order valence-electron chi connectivity index (χ4n) is 4.15. The molecule has 3 heterocycles. The number of pyridine rings is 3. The Labute approximate surface area is 174 Å². The predicted octanol–water partition coefficient (Wildman–Crippen LogP) is 4.99. The highest BCUT2D eigenvalue weighted by molar-refractivity contribution is 5.79. The van der Waals surface area contributed by atoms with E-state index in [2.05, 4.69) is 49.9 Å². The first-order chi connectivity index (χ1) is 14.2. The van der Waals surface area contributed by atoms with Crippen LogP contribution in [0.5, 0.6) is 0 Å². The third kappa shape index (κ3) is 3.83. The third-order valence-corrected chi connectivity index (χ3v) is 5.87. The monoisotopic (exact) mass is 413 g/mol. The largest absolute Gasteiger partial charge is 0.395 e. The number of rotatable bonds is 5. The SMILES string of the molecule is CCC[n+]1ccc2c(c1)C(C)(C)c1cc(-c3cc[n+](CCC(F)(F)F)cc3)cnc1-2. The Kier molecular flexibility index (Phi) is 5.12. The van der Waals surface area contributed by atoms with Gasteiger partial charge in [-0.2, -0.15) is 13.2 Å². The molecule has 3 nitrogen and oxygen atoms in total. The summed E-state index contributed by atoms with van der Waals surface area (Å²) < 4.78 is 41.1. The lowest BCUT2D eigenvalue weighted by Gasteiger charge is -2.20. The van der Waals surface area contributed by atoms with Gasteiger partial charge in [0.1, 0.15) is 13.0 Å². The van der Waals surface area contributed by atoms with Crippen molar-refractivity contribution < 1.29 is 22.3 Å². The molecule has 4 rings (SSSR count). The normalized spacial score (nSPS) is 14.5. The summed E-state index contributed by atoms with van der Waals surface area (Å²) in [6.45, 7) is 7.51. The summed E-state index contributed by atoms with van der Waals surface area (Å²) in [5.41, 5.74) is 6.39. The smallest absolute Gasteiger partial charge is 0.255 e. The van der Waals surface area contributed by atoms with Gasteiger partial charge in [0.15, 0.2) is 31.3 Å². The predicted molar refractivity (Wildman–Crippen MR) is 109 cm³/mol. The molecule has 1 aliphatic carbocycles. The van der Waals surface area contributed by atoms with Crippen LogP contribution in [0.1, 0.15) is 44.7 Å². The third-order valence-electron chi connectivity index (χ3n) is 5.87. The van der Waals surface area contributed by atoms with Crippen molar-refractivity contribution in [3.63, 3.8) is 0 Å². The van der Waals surface area contributed by atoms with Crippen molar-refractivity contribution in [1.82, 2.24) is 4.98 Å². The molecule has 0 spiro atoms. The van der Waals surface area contributed by atoms with Crippen molar-refractivity contribution in [3.8, 4) is 22.4 Å². The van der Waals surface area contributed by atoms with Gasteiger partial charge in [0.2, 0.25) is 0 Å². The van der Waals surface area contributed by atoms with Gasteiger partial charge in [-0.1, -0.05) is 20.8 Å². The van der Waals surface area contributed by atoms with E-state index in [4.69, 9.17) is 4.98 Å². The lowest BCUT2D eigenvalue weighted by atomic mass is 9.83. The number of hydrogen-bond donors (Lipinski definition) is 0. The number of hydrogen-bond acceptors (Lipinski definition) is 1. The quantitative estimate of drug-likeness (QED) is 0.540. The van der Waals surface area contributed by atoms with Gasteiger partial charge in [0.05, 0.1) is 5.69 Å². The van der Waals surface area contributed by atoms with Gasteiger partial charge in [0, 0.05) is 52.9 Å². The number of nitrogens with zero attached hydrogens (tertiary/aromatic N) is 3. The van der Waals surface area contributed by atoms with E-state index in [9.17, 15) is 13.2 Å². The van der Waals surface area contributed by atoms with Crippen LogP contribution in [0.15, 0.2) is 55.2 Å². The minimum absolute atomic E-state index is 0.0771. The zero-order valence-corrected chi connectivity index (χ0v) is 17.5. The van der Waals surface area contributed by atoms with Crippen LogP contribution in [-0.2, 0) is 18.5 Å². The minimum atomic E-state index is -4.15. The molecule has 0 radical (unpaired) electrons. The van der Waals surface area contributed by atoms with Crippen LogP contribution in [0.3, 0.4) is 0 Å². The highest BCUT2D eigenvalue weighted by Gasteiger charge is 2.39. The average Bonchev–Trinajstić information content (AvgIpc) is 2.93. The molecule has 0 bridgehead atoms. The molecule has 0 saturated heterocycles. The topological polar surface area (TPSA) is 20.6 Å². The first kappa shape index (κ1) is 20.5. The lowest BCUT2D eigenvalue weighted by molar-refractivity contribution is -0.700. The van der Waals surface area contributed by atoms with Gasteiger partial charge in [-0.05, 0) is 17.2 Å². The molecule has 0 unspecified atom stereocenters. The summed E-state index contributed by atoms with van der Waals surface area (Å²) >= 11 is 0. The Balaban J connectivity index is 1.64. The van der Waals surface area contributed by atoms with Crippen molar-refractivity contribution in [1.29, 1.82) is 0 Å². The number of aromatic nitrogens is 3. The van der Waals surface area contributed by atoms with E-state index in [1.165, 1.54) is 16.7 Å². The molecule has 30 heavy (non-hydrogen) atoms. The van der Waals surface area contributed by atoms with Crippen molar-refractivity contribution in [2.24, 2.45) is 0 Å². The number of alkyl halides is 3. The van der Waals surface area contributed by atoms with Gasteiger partial charge < -0.3 is 0 Å². The molecule has 3 aromatic heterocycles. The van der Waals surface area contributed by atoms with Gasteiger partial charge >= 0.3 is 6.18 Å². The molecule has 0 fully saturated rings. The van der Waals surface area contributed by atoms with Crippen LogP contribution in [0.2, 0.25) is 0 Å². The maximum Gasteiger partial charge on any atom is 0.395 e. The standard InChI is InChI=1S/C24H26F3N3/c1-4-9-30-12-7-19-21(16-30)23(2,3)20-14-18(15-28-22(19)20)17-5-10-29(11-6-17)13-8-24(25,26)27/h5-7,10-12,14-16H,4,8-9,13H2,1-3H3/q+2. The molecule has 0 saturated carbocycles. The molecule has 6 heteroatoms. The van der Waals surface area contributed by atoms with Crippen molar-refractivity contribution in [2.75, 3.05) is 0 Å². The number of halogens is 3. The van der Waals surface area contributed by atoms with E-state index in [0.717, 1.165) is 29.8 Å². The molecule has 0 N–H and O–H groups in total. The van der Waals surface area contributed by atoms with Gasteiger partial charge in [-0.25, -0.2) is 9.13 Å². The van der Waals surface area contributed by atoms with Crippen molar-refractivity contribution in [2.45, 2.75) is 58.3 Å². The lowest BCUT2D eigenvalue weighted by Crippen LogP contribution is -2.35. The summed E-state index contributed by atoms with van der Waals surface area (Å²) in [7, 11) is 0. The molecule has 1 aliphatic rings. The van der Waals surface area contributed by atoms with Crippen LogP contribution in [0.4, 0.5) is 13.2 Å². The molecule has 156 valence electrons. The zero-order valence-electron chi connectivity index (χ0n) is 17.5. The van der Waals surface area contributed by atoms with E-state index in [-0.39, 0.29) is 12.0 Å². The summed E-state index contributed by atoms with van der Waals surface area (Å²) in [5, 5.41) is 0. The highest BCUT2D eigenvalue weighted by atomic mass is 19.4. The average molecular weight is 413 g/mol. The molecular weight excluding hydrogens is 387 g/mol. The van der Waals surface area contributed by atoms with Gasteiger partial charge in [0.25, 0.3) is 0 Å². The second-order valence-corrected chi connectivity index (χ2v) is 8.44. The minimum Gasteiger partial charge on any atom is -0.255 e. The van der Waals surface area contributed by atoms with Crippen LogP contribution in [-0.4, -0.2) is 11.2 Å². The summed E-state index contributed by atoms with van der Waals surface area (Å²) in [4.78, 5) is 4.77. The van der Waals surface area contributed by atoms with Crippen LogP contribution < -0.4 is 9.13 Å². The van der Waals surface area contributed by atoms with E-state index in [1.807, 2.05) is 18.3 Å². The maximum absolute atomic E-state index is 12.4. The molecule has 0 aromatic carbocycles. The second kappa shape index (κ2) is 7.49. The summed E-state index contributed by atoms with van der Waals surface area (Å²) in [6.07, 6.45) is 5.69. The number of fused-ring (bicyclic) bond motifs is 3. The highest BCUT2D eigenvalue weighted by Crippen LogP contribution is 2.47.